The van der Waals surface area contributed by atoms with E-state index >= 15 is 0 Å². The summed E-state index contributed by atoms with van der Waals surface area (Å²) in [5.74, 6) is 0.446. The molecule has 1 aliphatic heterocycles. The van der Waals surface area contributed by atoms with Gasteiger partial charge in [-0.3, -0.25) is 4.79 Å². The molecule has 140 valence electrons. The van der Waals surface area contributed by atoms with Crippen molar-refractivity contribution in [2.45, 2.75) is 13.3 Å². The van der Waals surface area contributed by atoms with Crippen molar-refractivity contribution in [3.63, 3.8) is 0 Å². The third-order valence-electron chi connectivity index (χ3n) is 4.94. The molecule has 0 atom stereocenters. The molecule has 2 heterocycles. The normalized spacial score (nSPS) is 15.3. The largest absolute Gasteiger partial charge is 0.279 e. The molecule has 3 aromatic carbocycles. The van der Waals surface area contributed by atoms with Crippen LogP contribution in [-0.4, -0.2) is 27.4 Å². The maximum absolute atomic E-state index is 13.0. The molecule has 0 radical (unpaired) electrons. The van der Waals surface area contributed by atoms with E-state index in [2.05, 4.69) is 5.10 Å². The van der Waals surface area contributed by atoms with Gasteiger partial charge in [-0.15, -0.1) is 0 Å². The van der Waals surface area contributed by atoms with Gasteiger partial charge in [0, 0.05) is 28.5 Å². The van der Waals surface area contributed by atoms with Crippen molar-refractivity contribution in [1.82, 2.24) is 9.99 Å². The number of amidine groups is 1. The van der Waals surface area contributed by atoms with E-state index in [1.54, 1.807) is 12.1 Å². The van der Waals surface area contributed by atoms with Crippen molar-refractivity contribution >= 4 is 44.9 Å². The van der Waals surface area contributed by atoms with E-state index in [0.717, 1.165) is 33.2 Å². The number of aliphatic imine (C=N–C) groups is 1. The fraction of sp³-hybridized carbons (Fsp3) is 0.0833. The van der Waals surface area contributed by atoms with Crippen LogP contribution in [0, 0.1) is 0 Å². The quantitative estimate of drug-likeness (QED) is 0.442. The van der Waals surface area contributed by atoms with E-state index < -0.39 is 0 Å². The Hall–Kier alpha value is -3.86. The van der Waals surface area contributed by atoms with Crippen LogP contribution in [0.2, 0.25) is 0 Å². The predicted octanol–water partition coefficient (Wildman–Crippen LogP) is 5.34. The molecule has 0 N–H and O–H groups in total. The number of hydrogen-bond donors (Lipinski definition) is 0. The first-order chi connectivity index (χ1) is 14.2. The lowest BCUT2D eigenvalue weighted by Crippen LogP contribution is -2.28. The lowest BCUT2D eigenvalue weighted by molar-refractivity contribution is 0.0853. The van der Waals surface area contributed by atoms with E-state index in [0.29, 0.717) is 17.8 Å². The summed E-state index contributed by atoms with van der Waals surface area (Å²) in [6, 6.07) is 25.0. The number of benzene rings is 3. The van der Waals surface area contributed by atoms with E-state index in [1.165, 1.54) is 5.01 Å². The summed E-state index contributed by atoms with van der Waals surface area (Å²) in [5.41, 5.74) is 4.01. The zero-order chi connectivity index (χ0) is 19.8. The second-order valence-electron chi connectivity index (χ2n) is 7.02. The van der Waals surface area contributed by atoms with Crippen LogP contribution in [0.15, 0.2) is 89.0 Å². The van der Waals surface area contributed by atoms with Gasteiger partial charge in [0.1, 0.15) is 5.84 Å². The molecule has 4 aromatic rings. The zero-order valence-corrected chi connectivity index (χ0v) is 15.9. The van der Waals surface area contributed by atoms with E-state index in [1.807, 2.05) is 73.7 Å². The topological polar surface area (TPSA) is 57.9 Å². The molecule has 5 nitrogen and oxygen atoms in total. The maximum atomic E-state index is 13.0. The summed E-state index contributed by atoms with van der Waals surface area (Å²) in [7, 11) is 0. The Labute approximate surface area is 168 Å². The van der Waals surface area contributed by atoms with E-state index in [4.69, 9.17) is 9.98 Å². The highest BCUT2D eigenvalue weighted by Crippen LogP contribution is 2.34. The number of carbonyl (C=O) groups excluding carboxylic acids is 1. The van der Waals surface area contributed by atoms with Gasteiger partial charge in [-0.2, -0.15) is 10.1 Å². The number of rotatable bonds is 2. The fourth-order valence-corrected chi connectivity index (χ4v) is 3.59. The van der Waals surface area contributed by atoms with Crippen molar-refractivity contribution in [2.24, 2.45) is 10.1 Å². The Morgan fingerprint density at radius 1 is 0.862 bits per heavy atom. The average Bonchev–Trinajstić information content (AvgIpc) is 3.13. The van der Waals surface area contributed by atoms with E-state index in [-0.39, 0.29) is 5.91 Å². The number of pyridine rings is 1. The first kappa shape index (κ1) is 17.3. The monoisotopic (exact) mass is 378 g/mol. The van der Waals surface area contributed by atoms with Gasteiger partial charge in [-0.1, -0.05) is 54.6 Å². The van der Waals surface area contributed by atoms with Crippen LogP contribution < -0.4 is 0 Å². The maximum Gasteiger partial charge on any atom is 0.279 e. The third-order valence-corrected chi connectivity index (χ3v) is 4.94. The molecule has 0 aliphatic carbocycles. The van der Waals surface area contributed by atoms with Crippen LogP contribution >= 0.6 is 0 Å². The van der Waals surface area contributed by atoms with E-state index in [9.17, 15) is 4.79 Å². The van der Waals surface area contributed by atoms with Crippen molar-refractivity contribution in [3.05, 3.63) is 84.4 Å². The van der Waals surface area contributed by atoms with Crippen molar-refractivity contribution in [1.29, 1.82) is 0 Å². The molecule has 0 spiro atoms. The molecular weight excluding hydrogens is 360 g/mol. The SMILES string of the molecule is CC1=NN(C(=O)c2ccccc2)C(=Nc2c3ccccc3nc3ccccc23)C1. The Bertz CT molecular complexity index is 1250. The smallest absolute Gasteiger partial charge is 0.267 e. The van der Waals surface area contributed by atoms with Crippen LogP contribution in [0.3, 0.4) is 0 Å². The fourth-order valence-electron chi connectivity index (χ4n) is 3.59. The van der Waals surface area contributed by atoms with Crippen LogP contribution in [0.25, 0.3) is 21.8 Å². The predicted molar refractivity (Wildman–Crippen MR) is 117 cm³/mol. The first-order valence-corrected chi connectivity index (χ1v) is 9.49. The van der Waals surface area contributed by atoms with Gasteiger partial charge in [-0.05, 0) is 31.2 Å². The Balaban J connectivity index is 1.69. The number of fused-ring (bicyclic) bond motifs is 2. The number of para-hydroxylation sites is 2. The minimum absolute atomic E-state index is 0.177. The Morgan fingerprint density at radius 3 is 2.10 bits per heavy atom. The van der Waals surface area contributed by atoms with Crippen molar-refractivity contribution in [2.75, 3.05) is 0 Å². The lowest BCUT2D eigenvalue weighted by atomic mass is 10.1. The number of carbonyl (C=O) groups is 1. The molecular formula is C24H18N4O. The van der Waals surface area contributed by atoms with Gasteiger partial charge in [0.2, 0.25) is 0 Å². The molecule has 0 fully saturated rings. The Kier molecular flexibility index (Phi) is 4.13. The summed E-state index contributed by atoms with van der Waals surface area (Å²) in [6.45, 7) is 1.91. The van der Waals surface area contributed by atoms with Crippen LogP contribution in [0.5, 0.6) is 0 Å². The molecule has 1 amide bonds. The number of hydrogen-bond acceptors (Lipinski definition) is 4. The van der Waals surface area contributed by atoms with Gasteiger partial charge in [0.15, 0.2) is 0 Å². The number of nitrogens with zero attached hydrogens (tertiary/aromatic N) is 4. The third kappa shape index (κ3) is 3.06. The molecule has 0 saturated heterocycles. The number of aromatic nitrogens is 1. The van der Waals surface area contributed by atoms with Gasteiger partial charge < -0.3 is 0 Å². The number of hydrazone groups is 1. The minimum Gasteiger partial charge on any atom is -0.267 e. The molecule has 29 heavy (non-hydrogen) atoms. The molecule has 0 saturated carbocycles. The summed E-state index contributed by atoms with van der Waals surface area (Å²) >= 11 is 0. The summed E-state index contributed by atoms with van der Waals surface area (Å²) < 4.78 is 0. The highest BCUT2D eigenvalue weighted by molar-refractivity contribution is 6.18. The summed E-state index contributed by atoms with van der Waals surface area (Å²) in [6.07, 6.45) is 0.531. The standard InChI is InChI=1S/C24H18N4O/c1-16-15-22(28(27-16)24(29)17-9-3-2-4-10-17)26-23-18-11-5-7-13-20(18)25-21-14-8-6-12-19(21)23/h2-14H,15H2,1H3. The summed E-state index contributed by atoms with van der Waals surface area (Å²) in [5, 5.41) is 7.79. The Morgan fingerprint density at radius 2 is 1.45 bits per heavy atom. The van der Waals surface area contributed by atoms with Crippen LogP contribution in [0.4, 0.5) is 5.69 Å². The second-order valence-corrected chi connectivity index (χ2v) is 7.02. The molecule has 0 bridgehead atoms. The molecule has 1 aliphatic rings. The average molecular weight is 378 g/mol. The minimum atomic E-state index is -0.177. The number of amides is 1. The second kappa shape index (κ2) is 6.95. The molecule has 0 unspecified atom stereocenters. The summed E-state index contributed by atoms with van der Waals surface area (Å²) in [4.78, 5) is 22.8. The van der Waals surface area contributed by atoms with Crippen molar-refractivity contribution in [3.8, 4) is 0 Å². The van der Waals surface area contributed by atoms with Gasteiger partial charge >= 0.3 is 0 Å². The van der Waals surface area contributed by atoms with Crippen LogP contribution in [0.1, 0.15) is 23.7 Å². The van der Waals surface area contributed by atoms with Gasteiger partial charge in [0.25, 0.3) is 5.91 Å². The molecule has 5 rings (SSSR count). The van der Waals surface area contributed by atoms with Gasteiger partial charge in [-0.25, -0.2) is 9.98 Å². The first-order valence-electron chi connectivity index (χ1n) is 9.49. The highest BCUT2D eigenvalue weighted by Gasteiger charge is 2.27. The van der Waals surface area contributed by atoms with Crippen LogP contribution in [-0.2, 0) is 0 Å². The molecule has 1 aromatic heterocycles. The molecule has 5 heteroatoms. The zero-order valence-electron chi connectivity index (χ0n) is 15.9. The van der Waals surface area contributed by atoms with Gasteiger partial charge in [0.05, 0.1) is 16.7 Å². The van der Waals surface area contributed by atoms with Crippen molar-refractivity contribution < 1.29 is 4.79 Å². The lowest BCUT2D eigenvalue weighted by Gasteiger charge is -2.14. The highest BCUT2D eigenvalue weighted by atomic mass is 16.2.